The lowest BCUT2D eigenvalue weighted by Crippen LogP contribution is -2.57. The summed E-state index contributed by atoms with van der Waals surface area (Å²) in [5, 5.41) is -0.0199. The highest BCUT2D eigenvalue weighted by Crippen LogP contribution is 2.53. The van der Waals surface area contributed by atoms with Crippen molar-refractivity contribution in [1.82, 2.24) is 14.1 Å². The molecule has 1 aliphatic heterocycles. The van der Waals surface area contributed by atoms with Crippen molar-refractivity contribution in [2.45, 2.75) is 32.4 Å². The van der Waals surface area contributed by atoms with E-state index in [2.05, 4.69) is 4.98 Å². The number of hydrogen-bond donors (Lipinski definition) is 0. The van der Waals surface area contributed by atoms with Gasteiger partial charge in [0.15, 0.2) is 5.75 Å². The summed E-state index contributed by atoms with van der Waals surface area (Å²) < 4.78 is 18.7. The van der Waals surface area contributed by atoms with Gasteiger partial charge in [-0.25, -0.2) is 9.78 Å². The molecule has 1 aromatic carbocycles. The van der Waals surface area contributed by atoms with Gasteiger partial charge in [0.2, 0.25) is 17.2 Å². The number of halogens is 1. The fourth-order valence-corrected chi connectivity index (χ4v) is 5.37. The quantitative estimate of drug-likeness (QED) is 0.465. The zero-order valence-corrected chi connectivity index (χ0v) is 21.4. The molecule has 1 aliphatic carbocycles. The van der Waals surface area contributed by atoms with Crippen molar-refractivity contribution in [1.29, 1.82) is 0 Å². The normalized spacial score (nSPS) is 20.1. The number of carbonyl (C=O) groups is 3. The molecule has 12 heteroatoms. The second-order valence-electron chi connectivity index (χ2n) is 9.19. The topological polar surface area (TPSA) is 136 Å². The van der Waals surface area contributed by atoms with Crippen LogP contribution in [-0.2, 0) is 24.8 Å². The molecule has 11 nitrogen and oxygen atoms in total. The first-order valence-electron chi connectivity index (χ1n) is 11.3. The Morgan fingerprint density at radius 1 is 1.16 bits per heavy atom. The average Bonchev–Trinajstić information content (AvgIpc) is 3.18. The Hall–Kier alpha value is -3.99. The molecule has 3 heterocycles. The molecular formula is C25H22ClN3O8. The van der Waals surface area contributed by atoms with Crippen LogP contribution in [0.2, 0.25) is 5.02 Å². The predicted octanol–water partition coefficient (Wildman–Crippen LogP) is 1.74. The molecule has 0 saturated heterocycles. The summed E-state index contributed by atoms with van der Waals surface area (Å²) in [6.45, 7) is 2.51. The molecule has 37 heavy (non-hydrogen) atoms. The van der Waals surface area contributed by atoms with Crippen LogP contribution in [0.5, 0.6) is 17.2 Å². The molecule has 0 amide bonds. The van der Waals surface area contributed by atoms with E-state index in [9.17, 15) is 24.0 Å². The van der Waals surface area contributed by atoms with E-state index in [0.29, 0.717) is 5.69 Å². The minimum absolute atomic E-state index is 0.0129. The first-order valence-corrected chi connectivity index (χ1v) is 11.7. The highest BCUT2D eigenvalue weighted by Gasteiger charge is 2.62. The van der Waals surface area contributed by atoms with Crippen molar-refractivity contribution >= 4 is 40.0 Å². The van der Waals surface area contributed by atoms with E-state index in [-0.39, 0.29) is 50.9 Å². The van der Waals surface area contributed by atoms with E-state index in [1.54, 1.807) is 6.92 Å². The number of carbonyl (C=O) groups excluding carboxylic acids is 3. The molecule has 1 spiro atoms. The highest BCUT2D eigenvalue weighted by atomic mass is 35.5. The van der Waals surface area contributed by atoms with Gasteiger partial charge in [0.1, 0.15) is 33.5 Å². The third kappa shape index (κ3) is 3.19. The molecule has 2 aliphatic rings. The van der Waals surface area contributed by atoms with Crippen LogP contribution >= 0.6 is 11.6 Å². The monoisotopic (exact) mass is 527 g/mol. The Bertz CT molecular complexity index is 1690. The third-order valence-electron chi connectivity index (χ3n) is 6.97. The van der Waals surface area contributed by atoms with Gasteiger partial charge in [0, 0.05) is 24.6 Å². The summed E-state index contributed by atoms with van der Waals surface area (Å²) in [4.78, 5) is 69.9. The second-order valence-corrected chi connectivity index (χ2v) is 9.57. The van der Waals surface area contributed by atoms with Gasteiger partial charge in [-0.1, -0.05) is 18.5 Å². The van der Waals surface area contributed by atoms with Crippen LogP contribution in [-0.4, -0.2) is 51.3 Å². The van der Waals surface area contributed by atoms with Gasteiger partial charge in [0.05, 0.1) is 31.8 Å². The molecule has 192 valence electrons. The van der Waals surface area contributed by atoms with Gasteiger partial charge >= 0.3 is 5.69 Å². The van der Waals surface area contributed by atoms with Crippen LogP contribution in [0.25, 0.3) is 11.0 Å². The second kappa shape index (κ2) is 8.27. The minimum atomic E-state index is -1.97. The number of nitrogens with zero attached hydrogens (tertiary/aromatic N) is 3. The van der Waals surface area contributed by atoms with Crippen LogP contribution in [0.3, 0.4) is 0 Å². The molecule has 2 atom stereocenters. The Morgan fingerprint density at radius 2 is 1.84 bits per heavy atom. The first-order chi connectivity index (χ1) is 17.5. The van der Waals surface area contributed by atoms with Crippen molar-refractivity contribution in [3.8, 4) is 17.2 Å². The first kappa shape index (κ1) is 24.7. The van der Waals surface area contributed by atoms with E-state index in [0.717, 1.165) is 9.13 Å². The smallest absolute Gasteiger partial charge is 0.332 e. The summed E-state index contributed by atoms with van der Waals surface area (Å²) in [6, 6.07) is 2.76. The van der Waals surface area contributed by atoms with E-state index >= 15 is 0 Å². The van der Waals surface area contributed by atoms with E-state index in [4.69, 9.17) is 25.8 Å². The number of fused-ring (bicyclic) bond motifs is 3. The van der Waals surface area contributed by atoms with Crippen LogP contribution < -0.4 is 25.5 Å². The molecule has 0 fully saturated rings. The Kier molecular flexibility index (Phi) is 5.52. The van der Waals surface area contributed by atoms with Crippen molar-refractivity contribution in [3.63, 3.8) is 0 Å². The number of benzene rings is 1. The number of ketones is 3. The fourth-order valence-electron chi connectivity index (χ4n) is 5.10. The highest BCUT2D eigenvalue weighted by molar-refractivity contribution is 6.36. The van der Waals surface area contributed by atoms with Gasteiger partial charge in [0.25, 0.3) is 5.56 Å². The Morgan fingerprint density at radius 3 is 2.46 bits per heavy atom. The van der Waals surface area contributed by atoms with Crippen molar-refractivity contribution in [2.24, 2.45) is 13.0 Å². The number of rotatable bonds is 4. The van der Waals surface area contributed by atoms with E-state index < -0.39 is 46.7 Å². The SMILES string of the molecule is COc1cc(OC)c2c(c1Cl)O[C@@]1(C(=O)c3cc4c(=O)n(CC(C)=O)c(=O)n(C)c4nc3C[C@H]1C)C2=O. The summed E-state index contributed by atoms with van der Waals surface area (Å²) in [5.41, 5.74) is -3.01. The standard InChI is InChI=1S/C25H22ClN3O8/c1-10-6-14-12(7-13-22(27-14)28(3)24(34)29(23(13)33)9-11(2)30)20(31)25(10)21(32)17-15(35-4)8-16(36-5)18(26)19(17)37-25/h7-8,10H,6,9H2,1-5H3/t10-,25+/m1/s1. The van der Waals surface area contributed by atoms with E-state index in [1.807, 2.05) is 0 Å². The number of pyridine rings is 1. The Balaban J connectivity index is 1.74. The number of Topliss-reactive ketones (excluding diaryl/α,β-unsaturated/α-hetero) is 3. The zero-order valence-electron chi connectivity index (χ0n) is 20.6. The van der Waals surface area contributed by atoms with Crippen LogP contribution in [0, 0.1) is 5.92 Å². The summed E-state index contributed by atoms with van der Waals surface area (Å²) in [6.07, 6.45) is 0.137. The van der Waals surface area contributed by atoms with E-state index in [1.165, 1.54) is 40.3 Å². The molecule has 0 unspecified atom stereocenters. The van der Waals surface area contributed by atoms with Crippen molar-refractivity contribution < 1.29 is 28.6 Å². The Labute approximate surface area is 214 Å². The largest absolute Gasteiger partial charge is 0.496 e. The molecular weight excluding hydrogens is 506 g/mol. The van der Waals surface area contributed by atoms with Crippen LogP contribution in [0.4, 0.5) is 0 Å². The number of hydrogen-bond acceptors (Lipinski definition) is 9. The van der Waals surface area contributed by atoms with Gasteiger partial charge in [-0.2, -0.15) is 0 Å². The molecule has 0 saturated carbocycles. The lowest BCUT2D eigenvalue weighted by Gasteiger charge is -2.36. The number of methoxy groups -OCH3 is 2. The van der Waals surface area contributed by atoms with Gasteiger partial charge in [-0.05, 0) is 19.4 Å². The molecule has 0 bridgehead atoms. The lowest BCUT2D eigenvalue weighted by atomic mass is 9.71. The van der Waals surface area contributed by atoms with Crippen molar-refractivity contribution in [2.75, 3.05) is 14.2 Å². The maximum Gasteiger partial charge on any atom is 0.332 e. The predicted molar refractivity (Wildman–Crippen MR) is 131 cm³/mol. The molecule has 0 radical (unpaired) electrons. The number of aryl methyl sites for hydroxylation is 1. The summed E-state index contributed by atoms with van der Waals surface area (Å²) in [5.74, 6) is -2.06. The third-order valence-corrected chi connectivity index (χ3v) is 7.33. The maximum absolute atomic E-state index is 14.0. The minimum Gasteiger partial charge on any atom is -0.496 e. The van der Waals surface area contributed by atoms with Gasteiger partial charge < -0.3 is 14.2 Å². The summed E-state index contributed by atoms with van der Waals surface area (Å²) in [7, 11) is 4.19. The number of aromatic nitrogens is 3. The average molecular weight is 528 g/mol. The fraction of sp³-hybridized carbons (Fsp3) is 0.360. The zero-order chi connectivity index (χ0) is 27.0. The maximum atomic E-state index is 14.0. The molecule has 3 aromatic rings. The van der Waals surface area contributed by atoms with Gasteiger partial charge in [-0.3, -0.25) is 28.3 Å². The molecule has 0 N–H and O–H groups in total. The van der Waals surface area contributed by atoms with Crippen LogP contribution in [0.15, 0.2) is 21.7 Å². The number of ether oxygens (including phenoxy) is 3. The molecule has 5 rings (SSSR count). The van der Waals surface area contributed by atoms with Crippen molar-refractivity contribution in [3.05, 3.63) is 54.8 Å². The lowest BCUT2D eigenvalue weighted by molar-refractivity contribution is -0.117. The van der Waals surface area contributed by atoms with Gasteiger partial charge in [-0.15, -0.1) is 0 Å². The van der Waals surface area contributed by atoms with Crippen LogP contribution in [0.1, 0.15) is 40.3 Å². The molecule has 2 aromatic heterocycles. The summed E-state index contributed by atoms with van der Waals surface area (Å²) >= 11 is 6.45.